The first-order valence-corrected chi connectivity index (χ1v) is 9.37. The maximum atomic E-state index is 14.0. The van der Waals surface area contributed by atoms with Gasteiger partial charge in [0.15, 0.2) is 0 Å². The predicted molar refractivity (Wildman–Crippen MR) is 93.5 cm³/mol. The summed E-state index contributed by atoms with van der Waals surface area (Å²) in [6.45, 7) is 0. The fourth-order valence-corrected chi connectivity index (χ4v) is 4.94. The van der Waals surface area contributed by atoms with Crippen molar-refractivity contribution in [3.8, 4) is 0 Å². The Hall–Kier alpha value is -0.260. The highest BCUT2D eigenvalue weighted by Crippen LogP contribution is 2.37. The first kappa shape index (κ1) is 17.1. The standard InChI is InChI=1S/C16H13Br3F2/c17-9-16(10-18,13-3-1-2-4-14(13)19)8-11-7-12(20)5-6-15(11)21/h1-7H,8-10H2. The molecule has 5 heteroatoms. The maximum absolute atomic E-state index is 14.0. The van der Waals surface area contributed by atoms with E-state index in [-0.39, 0.29) is 11.2 Å². The van der Waals surface area contributed by atoms with E-state index in [1.165, 1.54) is 12.1 Å². The summed E-state index contributed by atoms with van der Waals surface area (Å²) in [7, 11) is 0. The molecule has 0 fully saturated rings. The van der Waals surface area contributed by atoms with E-state index in [9.17, 15) is 8.78 Å². The van der Waals surface area contributed by atoms with E-state index < -0.39 is 5.82 Å². The van der Waals surface area contributed by atoms with Crippen LogP contribution < -0.4 is 0 Å². The summed E-state index contributed by atoms with van der Waals surface area (Å²) in [5, 5.41) is 1.26. The fraction of sp³-hybridized carbons (Fsp3) is 0.250. The maximum Gasteiger partial charge on any atom is 0.126 e. The van der Waals surface area contributed by atoms with Crippen LogP contribution in [-0.4, -0.2) is 10.7 Å². The normalized spacial score (nSPS) is 11.7. The summed E-state index contributed by atoms with van der Waals surface area (Å²) < 4.78 is 28.4. The van der Waals surface area contributed by atoms with Crippen LogP contribution in [0, 0.1) is 11.6 Å². The van der Waals surface area contributed by atoms with Gasteiger partial charge in [-0.25, -0.2) is 8.78 Å². The van der Waals surface area contributed by atoms with Crippen LogP contribution >= 0.6 is 47.8 Å². The zero-order valence-corrected chi connectivity index (χ0v) is 15.8. The van der Waals surface area contributed by atoms with Crippen molar-refractivity contribution in [2.45, 2.75) is 11.8 Å². The lowest BCUT2D eigenvalue weighted by Crippen LogP contribution is -2.33. The second kappa shape index (κ2) is 7.34. The molecule has 0 heterocycles. The Morgan fingerprint density at radius 2 is 1.62 bits per heavy atom. The Morgan fingerprint density at radius 3 is 2.24 bits per heavy atom. The monoisotopic (exact) mass is 480 g/mol. The molecule has 0 nitrogen and oxygen atoms in total. The zero-order valence-electron chi connectivity index (χ0n) is 11.1. The van der Waals surface area contributed by atoms with Gasteiger partial charge in [0.05, 0.1) is 0 Å². The van der Waals surface area contributed by atoms with Crippen molar-refractivity contribution < 1.29 is 8.78 Å². The number of rotatable bonds is 5. The molecule has 0 unspecified atom stereocenters. The summed E-state index contributed by atoms with van der Waals surface area (Å²) in [5.74, 6) is -0.800. The molecule has 0 saturated carbocycles. The highest BCUT2D eigenvalue weighted by Gasteiger charge is 2.33. The molecule has 0 aliphatic rings. The van der Waals surface area contributed by atoms with Crippen molar-refractivity contribution in [3.63, 3.8) is 0 Å². The third-order valence-corrected chi connectivity index (χ3v) is 6.33. The van der Waals surface area contributed by atoms with Gasteiger partial charge in [-0.2, -0.15) is 0 Å². The molecule has 2 rings (SSSR count). The molecular weight excluding hydrogens is 470 g/mol. The van der Waals surface area contributed by atoms with Gasteiger partial charge < -0.3 is 0 Å². The molecule has 0 atom stereocenters. The largest absolute Gasteiger partial charge is 0.207 e. The van der Waals surface area contributed by atoms with Crippen LogP contribution in [0.2, 0.25) is 0 Å². The molecular formula is C16H13Br3F2. The van der Waals surface area contributed by atoms with Gasteiger partial charge in [0.2, 0.25) is 0 Å². The van der Waals surface area contributed by atoms with Crippen molar-refractivity contribution in [3.05, 3.63) is 69.7 Å². The average molecular weight is 483 g/mol. The third kappa shape index (κ3) is 3.74. The number of alkyl halides is 2. The minimum atomic E-state index is -0.420. The summed E-state index contributed by atoms with van der Waals surface area (Å²) in [6, 6.07) is 11.4. The number of hydrogen-bond donors (Lipinski definition) is 0. The van der Waals surface area contributed by atoms with Gasteiger partial charge >= 0.3 is 0 Å². The van der Waals surface area contributed by atoms with E-state index in [1.54, 1.807) is 0 Å². The minimum Gasteiger partial charge on any atom is -0.207 e. The first-order chi connectivity index (χ1) is 10.0. The van der Waals surface area contributed by atoms with Crippen LogP contribution in [0.15, 0.2) is 46.9 Å². The average Bonchev–Trinajstić information content (AvgIpc) is 2.49. The molecule has 0 saturated heterocycles. The predicted octanol–water partition coefficient (Wildman–Crippen LogP) is 6.00. The topological polar surface area (TPSA) is 0 Å². The Bertz CT molecular complexity index is 625. The highest BCUT2D eigenvalue weighted by atomic mass is 79.9. The van der Waals surface area contributed by atoms with Crippen molar-refractivity contribution in [2.24, 2.45) is 0 Å². The Labute approximate surface area is 148 Å². The lowest BCUT2D eigenvalue weighted by molar-refractivity contribution is 0.514. The molecule has 0 aliphatic heterocycles. The van der Waals surface area contributed by atoms with Crippen LogP contribution in [0.1, 0.15) is 11.1 Å². The zero-order chi connectivity index (χ0) is 15.5. The molecule has 0 spiro atoms. The molecule has 0 amide bonds. The minimum absolute atomic E-state index is 0.366. The summed E-state index contributed by atoms with van der Waals surface area (Å²) in [4.78, 5) is 0. The Morgan fingerprint density at radius 1 is 0.952 bits per heavy atom. The molecule has 0 bridgehead atoms. The number of hydrogen-bond acceptors (Lipinski definition) is 0. The van der Waals surface area contributed by atoms with Crippen molar-refractivity contribution in [1.29, 1.82) is 0 Å². The SMILES string of the molecule is Fc1ccc(F)c(CC(CBr)(CBr)c2ccccc2Br)c1. The Balaban J connectivity index is 2.48. The van der Waals surface area contributed by atoms with Gasteiger partial charge in [-0.05, 0) is 41.8 Å². The fourth-order valence-electron chi connectivity index (χ4n) is 2.30. The number of benzene rings is 2. The van der Waals surface area contributed by atoms with E-state index in [1.807, 2.05) is 24.3 Å². The van der Waals surface area contributed by atoms with Crippen molar-refractivity contribution in [2.75, 3.05) is 10.7 Å². The van der Waals surface area contributed by atoms with Crippen LogP contribution in [0.25, 0.3) is 0 Å². The molecule has 112 valence electrons. The van der Waals surface area contributed by atoms with Gasteiger partial charge in [-0.1, -0.05) is 66.0 Å². The summed E-state index contributed by atoms with van der Waals surface area (Å²) >= 11 is 10.6. The third-order valence-electron chi connectivity index (χ3n) is 3.49. The van der Waals surface area contributed by atoms with Gasteiger partial charge in [-0.15, -0.1) is 0 Å². The second-order valence-electron chi connectivity index (χ2n) is 4.94. The van der Waals surface area contributed by atoms with E-state index in [2.05, 4.69) is 47.8 Å². The van der Waals surface area contributed by atoms with Gasteiger partial charge in [-0.3, -0.25) is 0 Å². The van der Waals surface area contributed by atoms with Gasteiger partial charge in [0, 0.05) is 20.5 Å². The van der Waals surface area contributed by atoms with E-state index >= 15 is 0 Å². The molecule has 0 aliphatic carbocycles. The van der Waals surface area contributed by atoms with Crippen molar-refractivity contribution >= 4 is 47.8 Å². The summed E-state index contributed by atoms with van der Waals surface area (Å²) in [6.07, 6.45) is 0.399. The quantitative estimate of drug-likeness (QED) is 0.459. The van der Waals surface area contributed by atoms with Gasteiger partial charge in [0.25, 0.3) is 0 Å². The van der Waals surface area contributed by atoms with E-state index in [4.69, 9.17) is 0 Å². The summed E-state index contributed by atoms with van der Waals surface area (Å²) in [5.41, 5.74) is 1.07. The van der Waals surface area contributed by atoms with E-state index in [0.29, 0.717) is 22.6 Å². The highest BCUT2D eigenvalue weighted by molar-refractivity contribution is 9.10. The molecule has 2 aromatic rings. The van der Waals surface area contributed by atoms with E-state index in [0.717, 1.165) is 16.1 Å². The smallest absolute Gasteiger partial charge is 0.126 e. The lowest BCUT2D eigenvalue weighted by atomic mass is 9.79. The van der Waals surface area contributed by atoms with Gasteiger partial charge in [0.1, 0.15) is 11.6 Å². The second-order valence-corrected chi connectivity index (χ2v) is 6.92. The van der Waals surface area contributed by atoms with Crippen LogP contribution in [-0.2, 0) is 11.8 Å². The van der Waals surface area contributed by atoms with Crippen molar-refractivity contribution in [1.82, 2.24) is 0 Å². The first-order valence-electron chi connectivity index (χ1n) is 6.33. The molecule has 21 heavy (non-hydrogen) atoms. The van der Waals surface area contributed by atoms with Crippen LogP contribution in [0.4, 0.5) is 8.78 Å². The molecule has 0 radical (unpaired) electrons. The number of halogens is 5. The lowest BCUT2D eigenvalue weighted by Gasteiger charge is -2.32. The van der Waals surface area contributed by atoms with Crippen LogP contribution in [0.5, 0.6) is 0 Å². The Kier molecular flexibility index (Phi) is 5.97. The van der Waals surface area contributed by atoms with Crippen LogP contribution in [0.3, 0.4) is 0 Å². The molecule has 0 N–H and O–H groups in total. The molecule has 0 aromatic heterocycles. The molecule has 2 aromatic carbocycles.